The van der Waals surface area contributed by atoms with Crippen molar-refractivity contribution in [1.82, 2.24) is 10.3 Å². The first kappa shape index (κ1) is 13.9. The van der Waals surface area contributed by atoms with Crippen molar-refractivity contribution in [2.45, 2.75) is 31.6 Å². The Labute approximate surface area is 107 Å². The highest BCUT2D eigenvalue weighted by molar-refractivity contribution is 5.93. The number of nitrogens with one attached hydrogen (secondary N) is 1. The number of nitrogens with zero attached hydrogens (tertiary/aromatic N) is 1. The lowest BCUT2D eigenvalue weighted by atomic mass is 10.3. The normalized spacial score (nSPS) is 15.8. The zero-order valence-electron chi connectivity index (χ0n) is 10.0. The zero-order chi connectivity index (χ0) is 14.0. The molecule has 0 aliphatic heterocycles. The van der Waals surface area contributed by atoms with Crippen LogP contribution in [0.1, 0.15) is 29.0 Å². The van der Waals surface area contributed by atoms with Crippen LogP contribution in [0.5, 0.6) is 0 Å². The van der Waals surface area contributed by atoms with Gasteiger partial charge in [-0.05, 0) is 18.9 Å². The minimum absolute atomic E-state index is 0.0298. The lowest BCUT2D eigenvalue weighted by Crippen LogP contribution is -2.35. The predicted octanol–water partition coefficient (Wildman–Crippen LogP) is 1.41. The summed E-state index contributed by atoms with van der Waals surface area (Å²) in [5.41, 5.74) is 2.12. The third-order valence-electron chi connectivity index (χ3n) is 2.85. The first-order chi connectivity index (χ1) is 8.89. The molecule has 1 heterocycles. The highest BCUT2D eigenvalue weighted by Gasteiger charge is 2.38. The molecule has 106 valence electrons. The van der Waals surface area contributed by atoms with Gasteiger partial charge < -0.3 is 4.42 Å². The Hall–Kier alpha value is -1.54. The van der Waals surface area contributed by atoms with Crippen molar-refractivity contribution >= 4 is 5.91 Å². The van der Waals surface area contributed by atoms with E-state index >= 15 is 0 Å². The average Bonchev–Trinajstić information content (AvgIpc) is 3.07. The highest BCUT2D eigenvalue weighted by Crippen LogP contribution is 2.31. The molecule has 1 amide bonds. The number of hydrazine groups is 1. The third kappa shape index (κ3) is 3.97. The van der Waals surface area contributed by atoms with Crippen LogP contribution in [-0.2, 0) is 6.54 Å². The quantitative estimate of drug-likeness (QED) is 0.485. The fourth-order valence-electron chi connectivity index (χ4n) is 1.85. The molecule has 2 rings (SSSR count). The monoisotopic (exact) mass is 277 g/mol. The Morgan fingerprint density at radius 2 is 2.21 bits per heavy atom. The van der Waals surface area contributed by atoms with E-state index in [0.717, 1.165) is 12.8 Å². The average molecular weight is 277 g/mol. The first-order valence-electron chi connectivity index (χ1n) is 5.78. The summed E-state index contributed by atoms with van der Waals surface area (Å²) in [6.07, 6.45) is -1.55. The van der Waals surface area contributed by atoms with Crippen LogP contribution >= 0.6 is 0 Å². The molecule has 1 aromatic heterocycles. The maximum atomic E-state index is 12.4. The van der Waals surface area contributed by atoms with Gasteiger partial charge in [0.25, 0.3) is 5.91 Å². The third-order valence-corrected chi connectivity index (χ3v) is 2.85. The summed E-state index contributed by atoms with van der Waals surface area (Å²) in [5.74, 6) is 4.73. The number of carbonyl (C=O) groups is 1. The van der Waals surface area contributed by atoms with E-state index in [0.29, 0.717) is 5.76 Å². The van der Waals surface area contributed by atoms with E-state index in [2.05, 4.69) is 0 Å². The Morgan fingerprint density at radius 1 is 1.53 bits per heavy atom. The summed E-state index contributed by atoms with van der Waals surface area (Å²) < 4.78 is 42.4. The number of rotatable bonds is 5. The number of hydrogen-bond donors (Lipinski definition) is 2. The van der Waals surface area contributed by atoms with Gasteiger partial charge in [-0.1, -0.05) is 0 Å². The van der Waals surface area contributed by atoms with Gasteiger partial charge in [0.1, 0.15) is 12.0 Å². The number of amides is 1. The number of hydrogen-bond acceptors (Lipinski definition) is 4. The van der Waals surface area contributed by atoms with Crippen LogP contribution in [0.4, 0.5) is 13.2 Å². The molecule has 0 atom stereocenters. The van der Waals surface area contributed by atoms with Gasteiger partial charge in [-0.15, -0.1) is 0 Å². The van der Waals surface area contributed by atoms with Crippen LogP contribution in [-0.4, -0.2) is 29.6 Å². The van der Waals surface area contributed by atoms with Crippen LogP contribution < -0.4 is 11.3 Å². The molecule has 0 spiro atoms. The molecule has 0 unspecified atom stereocenters. The molecule has 8 heteroatoms. The molecule has 0 saturated heterocycles. The molecular formula is C11H14F3N3O2. The fraction of sp³-hybridized carbons (Fsp3) is 0.545. The maximum absolute atomic E-state index is 12.4. The standard InChI is InChI=1S/C11H14F3N3O2/c12-11(13,14)6-17(8-1-2-8)4-9-3-7(5-19-9)10(18)16-15/h3,5,8H,1-2,4,6,15H2,(H,16,18). The molecule has 1 saturated carbocycles. The van der Waals surface area contributed by atoms with Gasteiger partial charge in [0, 0.05) is 6.04 Å². The Morgan fingerprint density at radius 3 is 2.74 bits per heavy atom. The Kier molecular flexibility index (Phi) is 3.81. The summed E-state index contributed by atoms with van der Waals surface area (Å²) in [6, 6.07) is 1.34. The number of alkyl halides is 3. The van der Waals surface area contributed by atoms with Gasteiger partial charge in [-0.25, -0.2) is 5.84 Å². The van der Waals surface area contributed by atoms with E-state index < -0.39 is 18.6 Å². The van der Waals surface area contributed by atoms with E-state index in [1.807, 2.05) is 5.43 Å². The minimum atomic E-state index is -4.24. The smallest absolute Gasteiger partial charge is 0.401 e. The fourth-order valence-corrected chi connectivity index (χ4v) is 1.85. The summed E-state index contributed by atoms with van der Waals surface area (Å²) >= 11 is 0. The molecule has 0 aromatic carbocycles. The summed E-state index contributed by atoms with van der Waals surface area (Å²) in [4.78, 5) is 12.5. The van der Waals surface area contributed by atoms with Crippen molar-refractivity contribution in [1.29, 1.82) is 0 Å². The van der Waals surface area contributed by atoms with E-state index in [1.54, 1.807) is 0 Å². The predicted molar refractivity (Wildman–Crippen MR) is 59.8 cm³/mol. The van der Waals surface area contributed by atoms with Crippen molar-refractivity contribution in [2.75, 3.05) is 6.54 Å². The highest BCUT2D eigenvalue weighted by atomic mass is 19.4. The van der Waals surface area contributed by atoms with Crippen LogP contribution in [0.3, 0.4) is 0 Å². The summed E-state index contributed by atoms with van der Waals surface area (Å²) in [5, 5.41) is 0. The van der Waals surface area contributed by atoms with Gasteiger partial charge in [-0.2, -0.15) is 13.2 Å². The maximum Gasteiger partial charge on any atom is 0.401 e. The molecule has 1 aromatic rings. The lowest BCUT2D eigenvalue weighted by Gasteiger charge is -2.21. The molecule has 19 heavy (non-hydrogen) atoms. The van der Waals surface area contributed by atoms with Crippen LogP contribution in [0.2, 0.25) is 0 Å². The number of nitrogens with two attached hydrogens (primary N) is 1. The molecule has 1 fully saturated rings. The van der Waals surface area contributed by atoms with Crippen LogP contribution in [0.25, 0.3) is 0 Å². The van der Waals surface area contributed by atoms with Gasteiger partial charge in [0.05, 0.1) is 18.7 Å². The van der Waals surface area contributed by atoms with E-state index in [4.69, 9.17) is 10.3 Å². The van der Waals surface area contributed by atoms with Crippen LogP contribution in [0, 0.1) is 0 Å². The molecule has 3 N–H and O–H groups in total. The van der Waals surface area contributed by atoms with Crippen molar-refractivity contribution in [3.8, 4) is 0 Å². The summed E-state index contributed by atoms with van der Waals surface area (Å²) in [7, 11) is 0. The van der Waals surface area contributed by atoms with Gasteiger partial charge in [0.2, 0.25) is 0 Å². The first-order valence-corrected chi connectivity index (χ1v) is 5.78. The number of carbonyl (C=O) groups excluding carboxylic acids is 1. The van der Waals surface area contributed by atoms with Crippen molar-refractivity contribution in [3.05, 3.63) is 23.7 Å². The second-order valence-corrected chi connectivity index (χ2v) is 4.53. The van der Waals surface area contributed by atoms with E-state index in [9.17, 15) is 18.0 Å². The SMILES string of the molecule is NNC(=O)c1coc(CN(CC(F)(F)F)C2CC2)c1. The molecular weight excluding hydrogens is 263 g/mol. The van der Waals surface area contributed by atoms with Gasteiger partial charge in [0.15, 0.2) is 0 Å². The van der Waals surface area contributed by atoms with Gasteiger partial charge in [-0.3, -0.25) is 15.1 Å². The number of nitrogen functional groups attached to an aromatic ring is 1. The number of furan rings is 1. The Balaban J connectivity index is 2.01. The van der Waals surface area contributed by atoms with Crippen molar-refractivity contribution in [3.63, 3.8) is 0 Å². The largest absolute Gasteiger partial charge is 0.467 e. The second-order valence-electron chi connectivity index (χ2n) is 4.53. The van der Waals surface area contributed by atoms with Crippen LogP contribution in [0.15, 0.2) is 16.7 Å². The minimum Gasteiger partial charge on any atom is -0.467 e. The number of halogens is 3. The van der Waals surface area contributed by atoms with Crippen molar-refractivity contribution < 1.29 is 22.4 Å². The molecule has 0 radical (unpaired) electrons. The molecule has 1 aliphatic rings. The second kappa shape index (κ2) is 5.22. The zero-order valence-corrected chi connectivity index (χ0v) is 10.0. The lowest BCUT2D eigenvalue weighted by molar-refractivity contribution is -0.148. The molecule has 5 nitrogen and oxygen atoms in total. The molecule has 0 bridgehead atoms. The summed E-state index contributed by atoms with van der Waals surface area (Å²) in [6.45, 7) is -0.946. The van der Waals surface area contributed by atoms with Crippen molar-refractivity contribution in [2.24, 2.45) is 5.84 Å². The topological polar surface area (TPSA) is 71.5 Å². The molecule has 1 aliphatic carbocycles. The van der Waals surface area contributed by atoms with E-state index in [1.165, 1.54) is 17.2 Å². The van der Waals surface area contributed by atoms with E-state index in [-0.39, 0.29) is 18.2 Å². The van der Waals surface area contributed by atoms with Gasteiger partial charge >= 0.3 is 6.18 Å². The Bertz CT molecular complexity index is 454.